The van der Waals surface area contributed by atoms with Crippen LogP contribution in [0.4, 0.5) is 5.88 Å². The average Bonchev–Trinajstić information content (AvgIpc) is 2.91. The van der Waals surface area contributed by atoms with E-state index in [9.17, 15) is 0 Å². The molecule has 0 spiro atoms. The fraction of sp³-hybridized carbons (Fsp3) is 0.438. The highest BCUT2D eigenvalue weighted by Crippen LogP contribution is 2.42. The van der Waals surface area contributed by atoms with Crippen LogP contribution in [-0.4, -0.2) is 26.4 Å². The van der Waals surface area contributed by atoms with Crippen LogP contribution in [0.25, 0.3) is 0 Å². The first-order valence-electron chi connectivity index (χ1n) is 7.01. The number of nitrogens with zero attached hydrogens (tertiary/aromatic N) is 2. The van der Waals surface area contributed by atoms with Gasteiger partial charge >= 0.3 is 0 Å². The molecule has 3 rings (SSSR count). The molecule has 1 aromatic heterocycles. The van der Waals surface area contributed by atoms with Crippen LogP contribution in [0.2, 0.25) is 0 Å². The van der Waals surface area contributed by atoms with Gasteiger partial charge in [-0.2, -0.15) is 0 Å². The Balaban J connectivity index is 2.06. The molecule has 0 saturated carbocycles. The molecule has 1 heterocycles. The minimum atomic E-state index is 0.271. The zero-order valence-electron chi connectivity index (χ0n) is 12.2. The highest BCUT2D eigenvalue weighted by molar-refractivity contribution is 5.51. The Hall–Kier alpha value is -1.97. The first kappa shape index (κ1) is 13.0. The molecule has 106 valence electrons. The maximum Gasteiger partial charge on any atom is 0.230 e. The van der Waals surface area contributed by atoms with Gasteiger partial charge in [0.15, 0.2) is 0 Å². The maximum absolute atomic E-state index is 5.54. The summed E-state index contributed by atoms with van der Waals surface area (Å²) in [6.45, 7) is 0. The van der Waals surface area contributed by atoms with Gasteiger partial charge in [-0.1, -0.05) is 23.4 Å². The van der Waals surface area contributed by atoms with Crippen molar-refractivity contribution >= 4 is 5.88 Å². The summed E-state index contributed by atoms with van der Waals surface area (Å²) in [4.78, 5) is 2.00. The molecule has 1 aromatic carbocycles. The second-order valence-corrected chi connectivity index (χ2v) is 5.43. The lowest BCUT2D eigenvalue weighted by Crippen LogP contribution is -2.15. The Morgan fingerprint density at radius 2 is 2.10 bits per heavy atom. The normalized spacial score (nSPS) is 17.6. The van der Waals surface area contributed by atoms with Crippen molar-refractivity contribution in [3.05, 3.63) is 41.1 Å². The van der Waals surface area contributed by atoms with E-state index in [1.54, 1.807) is 7.11 Å². The molecule has 1 atom stereocenters. The summed E-state index contributed by atoms with van der Waals surface area (Å²) < 4.78 is 11.0. The van der Waals surface area contributed by atoms with Gasteiger partial charge in [-0.25, -0.2) is 0 Å². The summed E-state index contributed by atoms with van der Waals surface area (Å²) in [5.74, 6) is 2.09. The number of hydrogen-bond acceptors (Lipinski definition) is 4. The number of para-hydroxylation sites is 1. The van der Waals surface area contributed by atoms with Crippen LogP contribution in [-0.2, 0) is 6.42 Å². The fourth-order valence-electron chi connectivity index (χ4n) is 3.05. The predicted octanol–water partition coefficient (Wildman–Crippen LogP) is 3.22. The quantitative estimate of drug-likeness (QED) is 0.860. The molecular formula is C16H20N2O2. The van der Waals surface area contributed by atoms with Gasteiger partial charge in [-0.15, -0.1) is 0 Å². The van der Waals surface area contributed by atoms with Crippen molar-refractivity contribution in [1.82, 2.24) is 5.16 Å². The Bertz CT molecular complexity index is 604. The fourth-order valence-corrected chi connectivity index (χ4v) is 3.05. The Morgan fingerprint density at radius 3 is 2.85 bits per heavy atom. The monoisotopic (exact) mass is 272 g/mol. The molecule has 1 aliphatic rings. The van der Waals surface area contributed by atoms with Gasteiger partial charge in [0.2, 0.25) is 5.88 Å². The van der Waals surface area contributed by atoms with E-state index < -0.39 is 0 Å². The zero-order valence-corrected chi connectivity index (χ0v) is 12.2. The lowest BCUT2D eigenvalue weighted by Gasteiger charge is -2.23. The van der Waals surface area contributed by atoms with Crippen molar-refractivity contribution in [2.24, 2.45) is 0 Å². The molecule has 4 nitrogen and oxygen atoms in total. The summed E-state index contributed by atoms with van der Waals surface area (Å²) in [7, 11) is 5.71. The second kappa shape index (κ2) is 5.19. The predicted molar refractivity (Wildman–Crippen MR) is 78.6 cm³/mol. The number of aromatic nitrogens is 1. The molecule has 0 radical (unpaired) electrons. The van der Waals surface area contributed by atoms with Gasteiger partial charge in [0.05, 0.1) is 12.8 Å². The van der Waals surface area contributed by atoms with Crippen molar-refractivity contribution < 1.29 is 9.26 Å². The van der Waals surface area contributed by atoms with Crippen LogP contribution in [0.1, 0.15) is 35.6 Å². The summed E-state index contributed by atoms with van der Waals surface area (Å²) >= 11 is 0. The zero-order chi connectivity index (χ0) is 14.1. The van der Waals surface area contributed by atoms with Gasteiger partial charge in [0.1, 0.15) is 5.75 Å². The van der Waals surface area contributed by atoms with Gasteiger partial charge in [0, 0.05) is 31.1 Å². The molecule has 4 heteroatoms. The lowest BCUT2D eigenvalue weighted by atomic mass is 9.82. The molecule has 20 heavy (non-hydrogen) atoms. The molecule has 2 aromatic rings. The topological polar surface area (TPSA) is 38.5 Å². The number of anilines is 1. The van der Waals surface area contributed by atoms with E-state index in [1.165, 1.54) is 11.1 Å². The van der Waals surface area contributed by atoms with E-state index in [1.807, 2.05) is 31.1 Å². The minimum Gasteiger partial charge on any atom is -0.496 e. The molecule has 0 saturated heterocycles. The van der Waals surface area contributed by atoms with Gasteiger partial charge in [0.25, 0.3) is 0 Å². The molecule has 0 N–H and O–H groups in total. The first-order chi connectivity index (χ1) is 9.72. The van der Waals surface area contributed by atoms with E-state index >= 15 is 0 Å². The van der Waals surface area contributed by atoms with Crippen LogP contribution >= 0.6 is 0 Å². The highest BCUT2D eigenvalue weighted by atomic mass is 16.5. The molecule has 0 amide bonds. The van der Waals surface area contributed by atoms with E-state index in [-0.39, 0.29) is 5.92 Å². The number of fused-ring (bicyclic) bond motifs is 1. The minimum absolute atomic E-state index is 0.271. The molecule has 0 fully saturated rings. The molecular weight excluding hydrogens is 252 g/mol. The van der Waals surface area contributed by atoms with Crippen molar-refractivity contribution in [3.63, 3.8) is 0 Å². The van der Waals surface area contributed by atoms with Crippen LogP contribution in [0.15, 0.2) is 28.8 Å². The van der Waals surface area contributed by atoms with E-state index in [4.69, 9.17) is 9.26 Å². The molecule has 0 bridgehead atoms. The molecule has 0 aliphatic heterocycles. The SMILES string of the molecule is COc1ccccc1C1CCCc2c1noc2N(C)C. The van der Waals surface area contributed by atoms with Crippen LogP contribution in [0.5, 0.6) is 5.75 Å². The maximum atomic E-state index is 5.54. The number of methoxy groups -OCH3 is 1. The average molecular weight is 272 g/mol. The number of hydrogen-bond donors (Lipinski definition) is 0. The van der Waals surface area contributed by atoms with Gasteiger partial charge < -0.3 is 14.2 Å². The second-order valence-electron chi connectivity index (χ2n) is 5.43. The third kappa shape index (κ3) is 2.05. The van der Waals surface area contributed by atoms with E-state index in [0.29, 0.717) is 0 Å². The Kier molecular flexibility index (Phi) is 3.38. The standard InChI is InChI=1S/C16H20N2O2/c1-18(2)16-13-9-6-8-12(15(13)17-20-16)11-7-4-5-10-14(11)19-3/h4-5,7,10,12H,6,8-9H2,1-3H3. The van der Waals surface area contributed by atoms with Crippen LogP contribution in [0.3, 0.4) is 0 Å². The first-order valence-corrected chi connectivity index (χ1v) is 7.01. The number of rotatable bonds is 3. The third-order valence-corrected chi connectivity index (χ3v) is 3.97. The van der Waals surface area contributed by atoms with Crippen LogP contribution in [0, 0.1) is 0 Å². The lowest BCUT2D eigenvalue weighted by molar-refractivity contribution is 0.397. The van der Waals surface area contributed by atoms with Crippen molar-refractivity contribution in [1.29, 1.82) is 0 Å². The molecule has 1 aliphatic carbocycles. The summed E-state index contributed by atoms with van der Waals surface area (Å²) in [6, 6.07) is 8.19. The van der Waals surface area contributed by atoms with Gasteiger partial charge in [-0.3, -0.25) is 0 Å². The van der Waals surface area contributed by atoms with Crippen molar-refractivity contribution in [2.45, 2.75) is 25.2 Å². The van der Waals surface area contributed by atoms with Crippen molar-refractivity contribution in [2.75, 3.05) is 26.1 Å². The van der Waals surface area contributed by atoms with Crippen LogP contribution < -0.4 is 9.64 Å². The Morgan fingerprint density at radius 1 is 1.30 bits per heavy atom. The summed E-state index contributed by atoms with van der Waals surface area (Å²) in [5, 5.41) is 4.34. The smallest absolute Gasteiger partial charge is 0.230 e. The third-order valence-electron chi connectivity index (χ3n) is 3.97. The highest BCUT2D eigenvalue weighted by Gasteiger charge is 2.30. The van der Waals surface area contributed by atoms with Crippen molar-refractivity contribution in [3.8, 4) is 5.75 Å². The summed E-state index contributed by atoms with van der Waals surface area (Å²) in [6.07, 6.45) is 3.28. The summed E-state index contributed by atoms with van der Waals surface area (Å²) in [5.41, 5.74) is 3.52. The Labute approximate surface area is 119 Å². The number of ether oxygens (including phenoxy) is 1. The largest absolute Gasteiger partial charge is 0.496 e. The molecule has 1 unspecified atom stereocenters. The van der Waals surface area contributed by atoms with Gasteiger partial charge in [-0.05, 0) is 25.3 Å². The van der Waals surface area contributed by atoms with E-state index in [0.717, 1.165) is 36.6 Å². The van der Waals surface area contributed by atoms with E-state index in [2.05, 4.69) is 17.3 Å². The number of benzene rings is 1.